The SMILES string of the molecule is CC(C)c1c(F)ccc(CC(C)c2cccc(F)c2F)c1F. The normalized spacial score (nSPS) is 12.7. The van der Waals surface area contributed by atoms with Gasteiger partial charge in [-0.3, -0.25) is 0 Å². The molecule has 0 aromatic heterocycles. The van der Waals surface area contributed by atoms with Crippen LogP contribution in [-0.4, -0.2) is 0 Å². The zero-order chi connectivity index (χ0) is 16.4. The summed E-state index contributed by atoms with van der Waals surface area (Å²) < 4.78 is 55.2. The molecular weight excluding hydrogens is 292 g/mol. The van der Waals surface area contributed by atoms with Crippen molar-refractivity contribution in [2.24, 2.45) is 0 Å². The summed E-state index contributed by atoms with van der Waals surface area (Å²) in [5.41, 5.74) is 0.528. The Morgan fingerprint density at radius 1 is 0.818 bits per heavy atom. The van der Waals surface area contributed by atoms with Gasteiger partial charge >= 0.3 is 0 Å². The highest BCUT2D eigenvalue weighted by Gasteiger charge is 2.20. The first-order chi connectivity index (χ1) is 10.3. The molecule has 0 aliphatic rings. The van der Waals surface area contributed by atoms with Gasteiger partial charge in [0.25, 0.3) is 0 Å². The first-order valence-electron chi connectivity index (χ1n) is 7.23. The van der Waals surface area contributed by atoms with E-state index in [1.54, 1.807) is 20.8 Å². The number of benzene rings is 2. The molecule has 22 heavy (non-hydrogen) atoms. The summed E-state index contributed by atoms with van der Waals surface area (Å²) in [4.78, 5) is 0. The van der Waals surface area contributed by atoms with Gasteiger partial charge in [-0.1, -0.05) is 39.0 Å². The lowest BCUT2D eigenvalue weighted by Gasteiger charge is -2.16. The van der Waals surface area contributed by atoms with Crippen LogP contribution in [0.2, 0.25) is 0 Å². The summed E-state index contributed by atoms with van der Waals surface area (Å²) in [6, 6.07) is 6.53. The van der Waals surface area contributed by atoms with E-state index in [-0.39, 0.29) is 23.5 Å². The lowest BCUT2D eigenvalue weighted by atomic mass is 9.90. The molecule has 4 heteroatoms. The van der Waals surface area contributed by atoms with Gasteiger partial charge in [0.2, 0.25) is 0 Å². The highest BCUT2D eigenvalue weighted by atomic mass is 19.2. The lowest BCUT2D eigenvalue weighted by molar-refractivity contribution is 0.487. The average molecular weight is 310 g/mol. The summed E-state index contributed by atoms with van der Waals surface area (Å²) >= 11 is 0. The average Bonchev–Trinajstić information content (AvgIpc) is 2.44. The van der Waals surface area contributed by atoms with Gasteiger partial charge in [-0.25, -0.2) is 17.6 Å². The Balaban J connectivity index is 2.35. The molecule has 0 saturated carbocycles. The summed E-state index contributed by atoms with van der Waals surface area (Å²) in [5, 5.41) is 0. The van der Waals surface area contributed by atoms with Crippen molar-refractivity contribution in [1.29, 1.82) is 0 Å². The number of hydrogen-bond donors (Lipinski definition) is 0. The molecule has 0 aliphatic carbocycles. The molecule has 0 radical (unpaired) electrons. The van der Waals surface area contributed by atoms with E-state index in [1.807, 2.05) is 0 Å². The Bertz CT molecular complexity index is 677. The number of hydrogen-bond acceptors (Lipinski definition) is 0. The molecule has 1 unspecified atom stereocenters. The first kappa shape index (κ1) is 16.5. The van der Waals surface area contributed by atoms with Gasteiger partial charge in [-0.05, 0) is 41.5 Å². The van der Waals surface area contributed by atoms with Crippen LogP contribution in [-0.2, 0) is 6.42 Å². The van der Waals surface area contributed by atoms with E-state index in [2.05, 4.69) is 0 Å². The third-order valence-corrected chi connectivity index (χ3v) is 3.82. The maximum Gasteiger partial charge on any atom is 0.162 e. The molecule has 0 N–H and O–H groups in total. The maximum atomic E-state index is 14.4. The third kappa shape index (κ3) is 3.16. The summed E-state index contributed by atoms with van der Waals surface area (Å²) in [6.07, 6.45) is 0.173. The minimum atomic E-state index is -0.924. The zero-order valence-corrected chi connectivity index (χ0v) is 12.8. The quantitative estimate of drug-likeness (QED) is 0.634. The van der Waals surface area contributed by atoms with Crippen molar-refractivity contribution in [3.05, 3.63) is 70.3 Å². The molecule has 0 fully saturated rings. The summed E-state index contributed by atoms with van der Waals surface area (Å²) in [5.74, 6) is -3.73. The van der Waals surface area contributed by atoms with Crippen molar-refractivity contribution in [3.8, 4) is 0 Å². The van der Waals surface area contributed by atoms with Crippen molar-refractivity contribution in [1.82, 2.24) is 0 Å². The molecule has 2 rings (SSSR count). The third-order valence-electron chi connectivity index (χ3n) is 3.82. The first-order valence-corrected chi connectivity index (χ1v) is 7.23. The Morgan fingerprint density at radius 2 is 1.50 bits per heavy atom. The van der Waals surface area contributed by atoms with E-state index in [0.717, 1.165) is 6.07 Å². The zero-order valence-electron chi connectivity index (χ0n) is 12.8. The van der Waals surface area contributed by atoms with Gasteiger partial charge in [-0.2, -0.15) is 0 Å². The second-order valence-electron chi connectivity index (χ2n) is 5.84. The fourth-order valence-electron chi connectivity index (χ4n) is 2.64. The van der Waals surface area contributed by atoms with Gasteiger partial charge in [0, 0.05) is 5.56 Å². The highest BCUT2D eigenvalue weighted by Crippen LogP contribution is 2.29. The van der Waals surface area contributed by atoms with E-state index < -0.39 is 29.2 Å². The van der Waals surface area contributed by atoms with E-state index in [0.29, 0.717) is 5.56 Å². The van der Waals surface area contributed by atoms with Gasteiger partial charge in [-0.15, -0.1) is 0 Å². The lowest BCUT2D eigenvalue weighted by Crippen LogP contribution is -2.07. The fraction of sp³-hybridized carbons (Fsp3) is 0.333. The molecule has 0 amide bonds. The number of halogens is 4. The van der Waals surface area contributed by atoms with Crippen molar-refractivity contribution in [3.63, 3.8) is 0 Å². The largest absolute Gasteiger partial charge is 0.207 e. The van der Waals surface area contributed by atoms with Crippen molar-refractivity contribution in [2.75, 3.05) is 0 Å². The second-order valence-corrected chi connectivity index (χ2v) is 5.84. The predicted octanol–water partition coefficient (Wildman–Crippen LogP) is 5.71. The van der Waals surface area contributed by atoms with Crippen LogP contribution in [0.15, 0.2) is 30.3 Å². The predicted molar refractivity (Wildman–Crippen MR) is 78.9 cm³/mol. The van der Waals surface area contributed by atoms with Crippen LogP contribution < -0.4 is 0 Å². The van der Waals surface area contributed by atoms with Crippen molar-refractivity contribution < 1.29 is 17.6 Å². The van der Waals surface area contributed by atoms with Gasteiger partial charge < -0.3 is 0 Å². The molecule has 0 saturated heterocycles. The molecular formula is C18H18F4. The highest BCUT2D eigenvalue weighted by molar-refractivity contribution is 5.32. The topological polar surface area (TPSA) is 0 Å². The molecule has 0 spiro atoms. The van der Waals surface area contributed by atoms with E-state index in [9.17, 15) is 17.6 Å². The molecule has 2 aromatic rings. The maximum absolute atomic E-state index is 14.4. The van der Waals surface area contributed by atoms with E-state index in [1.165, 1.54) is 24.3 Å². The van der Waals surface area contributed by atoms with Gasteiger partial charge in [0.05, 0.1) is 0 Å². The molecule has 0 bridgehead atoms. The van der Waals surface area contributed by atoms with Crippen LogP contribution >= 0.6 is 0 Å². The van der Waals surface area contributed by atoms with Crippen molar-refractivity contribution >= 4 is 0 Å². The van der Waals surface area contributed by atoms with Crippen LogP contribution in [0, 0.1) is 23.3 Å². The second kappa shape index (κ2) is 6.51. The van der Waals surface area contributed by atoms with Crippen LogP contribution in [0.5, 0.6) is 0 Å². The minimum Gasteiger partial charge on any atom is -0.207 e. The Labute approximate surface area is 127 Å². The smallest absolute Gasteiger partial charge is 0.162 e. The Morgan fingerprint density at radius 3 is 2.14 bits per heavy atom. The van der Waals surface area contributed by atoms with Gasteiger partial charge in [0.15, 0.2) is 11.6 Å². The number of rotatable bonds is 4. The summed E-state index contributed by atoms with van der Waals surface area (Å²) in [7, 11) is 0. The Hall–Kier alpha value is -1.84. The Kier molecular flexibility index (Phi) is 4.89. The molecule has 0 heterocycles. The van der Waals surface area contributed by atoms with Crippen LogP contribution in [0.3, 0.4) is 0 Å². The van der Waals surface area contributed by atoms with Crippen LogP contribution in [0.1, 0.15) is 49.3 Å². The molecule has 0 nitrogen and oxygen atoms in total. The van der Waals surface area contributed by atoms with E-state index >= 15 is 0 Å². The molecule has 1 atom stereocenters. The fourth-order valence-corrected chi connectivity index (χ4v) is 2.64. The van der Waals surface area contributed by atoms with Crippen LogP contribution in [0.4, 0.5) is 17.6 Å². The van der Waals surface area contributed by atoms with Crippen molar-refractivity contribution in [2.45, 2.75) is 39.0 Å². The summed E-state index contributed by atoms with van der Waals surface area (Å²) in [6.45, 7) is 5.11. The monoisotopic (exact) mass is 310 g/mol. The minimum absolute atomic E-state index is 0.0319. The van der Waals surface area contributed by atoms with Crippen LogP contribution in [0.25, 0.3) is 0 Å². The standard InChI is InChI=1S/C18H18F4/c1-10(2)16-14(19)8-7-12(17(16)21)9-11(3)13-5-4-6-15(20)18(13)22/h4-8,10-11H,9H2,1-3H3. The molecule has 2 aromatic carbocycles. The molecule has 118 valence electrons. The molecule has 0 aliphatic heterocycles. The van der Waals surface area contributed by atoms with Gasteiger partial charge in [0.1, 0.15) is 11.6 Å². The van der Waals surface area contributed by atoms with E-state index in [4.69, 9.17) is 0 Å².